The van der Waals surface area contributed by atoms with Gasteiger partial charge in [-0.05, 0) is 17.2 Å². The van der Waals surface area contributed by atoms with Crippen molar-refractivity contribution >= 4 is 11.7 Å². The molecule has 0 bridgehead atoms. The summed E-state index contributed by atoms with van der Waals surface area (Å²) in [6.45, 7) is 3.14. The molecule has 0 unspecified atom stereocenters. The zero-order valence-corrected chi connectivity index (χ0v) is 21.0. The first kappa shape index (κ1) is 24.7. The van der Waals surface area contributed by atoms with Crippen LogP contribution in [0.25, 0.3) is 22.4 Å². The van der Waals surface area contributed by atoms with Gasteiger partial charge in [0, 0.05) is 50.0 Å². The zero-order chi connectivity index (χ0) is 25.5. The number of amides is 2. The molecule has 2 N–H and O–H groups in total. The molecule has 0 spiro atoms. The van der Waals surface area contributed by atoms with E-state index in [1.807, 2.05) is 79.0 Å². The standard InChI is InChI=1S/C31H32N4O2/c1-37-18-17-35-21-27(24-13-7-3-8-14-24)29(22-35)34-31(36)33-28-19-26(23-11-5-2-6-12-23)20-32-30(28)25-15-9-4-10-16-25/h2-16,19-20,27,29H,17-18,21-22H2,1H3,(H2,33,34,36)/t27-,29+/m0/s1. The van der Waals surface area contributed by atoms with E-state index in [2.05, 4.69) is 39.8 Å². The molecule has 2 atom stereocenters. The van der Waals surface area contributed by atoms with Gasteiger partial charge in [0.05, 0.1) is 24.0 Å². The molecule has 2 amide bonds. The van der Waals surface area contributed by atoms with Gasteiger partial charge in [0.1, 0.15) is 0 Å². The number of likely N-dealkylation sites (tertiary alicyclic amines) is 1. The number of aromatic nitrogens is 1. The van der Waals surface area contributed by atoms with Crippen molar-refractivity contribution in [1.29, 1.82) is 0 Å². The number of ether oxygens (including phenoxy) is 1. The second-order valence-corrected chi connectivity index (χ2v) is 9.33. The maximum atomic E-state index is 13.4. The highest BCUT2D eigenvalue weighted by molar-refractivity contribution is 5.95. The predicted molar refractivity (Wildman–Crippen MR) is 149 cm³/mol. The summed E-state index contributed by atoms with van der Waals surface area (Å²) in [4.78, 5) is 20.5. The number of rotatable bonds is 8. The Balaban J connectivity index is 1.39. The van der Waals surface area contributed by atoms with Crippen molar-refractivity contribution in [3.63, 3.8) is 0 Å². The largest absolute Gasteiger partial charge is 0.383 e. The molecule has 6 heteroatoms. The minimum Gasteiger partial charge on any atom is -0.383 e. The number of anilines is 1. The van der Waals surface area contributed by atoms with Gasteiger partial charge in [-0.3, -0.25) is 9.88 Å². The number of nitrogens with zero attached hydrogens (tertiary/aromatic N) is 2. The Morgan fingerprint density at radius 3 is 2.22 bits per heavy atom. The number of pyridine rings is 1. The lowest BCUT2D eigenvalue weighted by Gasteiger charge is -2.21. The third kappa shape index (κ3) is 6.05. The van der Waals surface area contributed by atoms with Crippen LogP contribution in [0.15, 0.2) is 103 Å². The van der Waals surface area contributed by atoms with E-state index in [-0.39, 0.29) is 18.0 Å². The van der Waals surface area contributed by atoms with Crippen molar-refractivity contribution in [1.82, 2.24) is 15.2 Å². The maximum Gasteiger partial charge on any atom is 0.319 e. The van der Waals surface area contributed by atoms with Gasteiger partial charge in [-0.15, -0.1) is 0 Å². The number of methoxy groups -OCH3 is 1. The van der Waals surface area contributed by atoms with Crippen LogP contribution in [0.2, 0.25) is 0 Å². The molecule has 1 aromatic heterocycles. The lowest BCUT2D eigenvalue weighted by atomic mass is 9.94. The first-order chi connectivity index (χ1) is 18.2. The third-order valence-electron chi connectivity index (χ3n) is 6.84. The van der Waals surface area contributed by atoms with E-state index in [0.29, 0.717) is 12.3 Å². The van der Waals surface area contributed by atoms with Crippen molar-refractivity contribution in [2.75, 3.05) is 38.7 Å². The van der Waals surface area contributed by atoms with Gasteiger partial charge in [-0.1, -0.05) is 91.0 Å². The molecule has 4 aromatic rings. The van der Waals surface area contributed by atoms with Gasteiger partial charge in [-0.25, -0.2) is 4.79 Å². The summed E-state index contributed by atoms with van der Waals surface area (Å²) < 4.78 is 5.29. The van der Waals surface area contributed by atoms with Gasteiger partial charge < -0.3 is 15.4 Å². The van der Waals surface area contributed by atoms with Crippen LogP contribution in [-0.2, 0) is 4.74 Å². The lowest BCUT2D eigenvalue weighted by Crippen LogP contribution is -2.42. The lowest BCUT2D eigenvalue weighted by molar-refractivity contribution is 0.159. The molecule has 2 heterocycles. The Bertz CT molecular complexity index is 1300. The van der Waals surface area contributed by atoms with Crippen LogP contribution in [-0.4, -0.2) is 55.3 Å². The summed E-state index contributed by atoms with van der Waals surface area (Å²) in [7, 11) is 1.72. The summed E-state index contributed by atoms with van der Waals surface area (Å²) >= 11 is 0. The van der Waals surface area contributed by atoms with Gasteiger partial charge in [0.25, 0.3) is 0 Å². The fourth-order valence-corrected chi connectivity index (χ4v) is 4.97. The van der Waals surface area contributed by atoms with Crippen LogP contribution in [0.4, 0.5) is 10.5 Å². The van der Waals surface area contributed by atoms with Crippen LogP contribution >= 0.6 is 0 Å². The van der Waals surface area contributed by atoms with Crippen LogP contribution in [0.1, 0.15) is 11.5 Å². The topological polar surface area (TPSA) is 66.5 Å². The van der Waals surface area contributed by atoms with Crippen molar-refractivity contribution in [2.24, 2.45) is 0 Å². The Labute approximate surface area is 218 Å². The number of benzene rings is 3. The van der Waals surface area contributed by atoms with E-state index in [4.69, 9.17) is 9.72 Å². The molecule has 37 heavy (non-hydrogen) atoms. The zero-order valence-electron chi connectivity index (χ0n) is 21.0. The van der Waals surface area contributed by atoms with E-state index < -0.39 is 0 Å². The SMILES string of the molecule is COCCN1C[C@@H](NC(=O)Nc2cc(-c3ccccc3)cnc2-c2ccccc2)[C@H](c2ccccc2)C1. The van der Waals surface area contributed by atoms with Crippen LogP contribution in [0.3, 0.4) is 0 Å². The average Bonchev–Trinajstić information content (AvgIpc) is 3.35. The van der Waals surface area contributed by atoms with E-state index in [9.17, 15) is 4.79 Å². The minimum atomic E-state index is -0.233. The highest BCUT2D eigenvalue weighted by Crippen LogP contribution is 2.31. The van der Waals surface area contributed by atoms with Crippen LogP contribution in [0.5, 0.6) is 0 Å². The third-order valence-corrected chi connectivity index (χ3v) is 6.84. The Kier molecular flexibility index (Phi) is 7.89. The van der Waals surface area contributed by atoms with E-state index in [1.54, 1.807) is 7.11 Å². The summed E-state index contributed by atoms with van der Waals surface area (Å²) in [6, 6.07) is 32.1. The highest BCUT2D eigenvalue weighted by atomic mass is 16.5. The molecule has 1 saturated heterocycles. The fraction of sp³-hybridized carbons (Fsp3) is 0.226. The quantitative estimate of drug-likeness (QED) is 0.334. The normalized spacial score (nSPS) is 17.4. The molecular formula is C31H32N4O2. The molecule has 3 aromatic carbocycles. The first-order valence-corrected chi connectivity index (χ1v) is 12.7. The van der Waals surface area contributed by atoms with Gasteiger partial charge >= 0.3 is 6.03 Å². The second kappa shape index (κ2) is 11.8. The van der Waals surface area contributed by atoms with Crippen molar-refractivity contribution in [3.8, 4) is 22.4 Å². The van der Waals surface area contributed by atoms with Crippen molar-refractivity contribution < 1.29 is 9.53 Å². The van der Waals surface area contributed by atoms with Crippen LogP contribution < -0.4 is 10.6 Å². The van der Waals surface area contributed by atoms with E-state index in [0.717, 1.165) is 42.0 Å². The molecule has 0 aliphatic carbocycles. The maximum absolute atomic E-state index is 13.4. The number of carbonyl (C=O) groups is 1. The number of hydrogen-bond acceptors (Lipinski definition) is 4. The van der Waals surface area contributed by atoms with Gasteiger partial charge in [0.15, 0.2) is 0 Å². The molecule has 1 aliphatic heterocycles. The van der Waals surface area contributed by atoms with E-state index >= 15 is 0 Å². The van der Waals surface area contributed by atoms with Gasteiger partial charge in [0.2, 0.25) is 0 Å². The summed E-state index contributed by atoms with van der Waals surface area (Å²) in [5.41, 5.74) is 5.59. The Hall–Kier alpha value is -4.00. The van der Waals surface area contributed by atoms with Crippen LogP contribution in [0, 0.1) is 0 Å². The number of nitrogens with one attached hydrogen (secondary N) is 2. The molecule has 0 saturated carbocycles. The molecular weight excluding hydrogens is 460 g/mol. The molecule has 1 aliphatic rings. The first-order valence-electron chi connectivity index (χ1n) is 12.7. The smallest absolute Gasteiger partial charge is 0.319 e. The van der Waals surface area contributed by atoms with Crippen molar-refractivity contribution in [2.45, 2.75) is 12.0 Å². The monoisotopic (exact) mass is 492 g/mol. The predicted octanol–water partition coefficient (Wildman–Crippen LogP) is 5.65. The number of carbonyl (C=O) groups excluding carboxylic acids is 1. The Morgan fingerprint density at radius 2 is 1.54 bits per heavy atom. The summed E-state index contributed by atoms with van der Waals surface area (Å²) in [5, 5.41) is 6.38. The molecule has 1 fully saturated rings. The molecule has 5 rings (SSSR count). The molecule has 188 valence electrons. The fourth-order valence-electron chi connectivity index (χ4n) is 4.97. The summed E-state index contributed by atoms with van der Waals surface area (Å²) in [6.07, 6.45) is 1.86. The number of urea groups is 1. The molecule has 0 radical (unpaired) electrons. The minimum absolute atomic E-state index is 0.0234. The van der Waals surface area contributed by atoms with Crippen molar-refractivity contribution in [3.05, 3.63) is 109 Å². The highest BCUT2D eigenvalue weighted by Gasteiger charge is 2.34. The van der Waals surface area contributed by atoms with Gasteiger partial charge in [-0.2, -0.15) is 0 Å². The Morgan fingerprint density at radius 1 is 0.892 bits per heavy atom. The average molecular weight is 493 g/mol. The second-order valence-electron chi connectivity index (χ2n) is 9.33. The number of hydrogen-bond donors (Lipinski definition) is 2. The molecule has 6 nitrogen and oxygen atoms in total. The summed E-state index contributed by atoms with van der Waals surface area (Å²) in [5.74, 6) is 0.200. The van der Waals surface area contributed by atoms with E-state index in [1.165, 1.54) is 5.56 Å².